The molecule has 0 aliphatic carbocycles. The van der Waals surface area contributed by atoms with E-state index in [2.05, 4.69) is 45.2 Å². The lowest BCUT2D eigenvalue weighted by Gasteiger charge is -2.12. The molecule has 6 heteroatoms. The standard InChI is InChI=1S/C22H30N4O.HI/c1-3-8-21(27)26-20-14-12-19(13-15-20)17-25-22(23-2)24-16-7-11-18-9-5-4-6-10-18;/h4-6,9-10,12-15H,3,7-8,11,16-17H2,1-2H3,(H,26,27)(H2,23,24,25);1H. The molecule has 0 aliphatic heterocycles. The van der Waals surface area contributed by atoms with Crippen LogP contribution in [-0.2, 0) is 17.8 Å². The molecule has 0 fully saturated rings. The van der Waals surface area contributed by atoms with Crippen molar-refractivity contribution < 1.29 is 4.79 Å². The van der Waals surface area contributed by atoms with Crippen molar-refractivity contribution in [2.45, 2.75) is 39.2 Å². The minimum Gasteiger partial charge on any atom is -0.356 e. The number of halogens is 1. The molecule has 1 amide bonds. The SMILES string of the molecule is CCCC(=O)Nc1ccc(CNC(=NC)NCCCc2ccccc2)cc1.I. The number of hydrogen-bond donors (Lipinski definition) is 3. The second-order valence-corrected chi connectivity index (χ2v) is 6.44. The van der Waals surface area contributed by atoms with Gasteiger partial charge in [0.05, 0.1) is 0 Å². The Hall–Kier alpha value is -2.09. The summed E-state index contributed by atoms with van der Waals surface area (Å²) in [6.45, 7) is 3.55. The lowest BCUT2D eigenvalue weighted by Crippen LogP contribution is -2.37. The van der Waals surface area contributed by atoms with E-state index in [4.69, 9.17) is 0 Å². The lowest BCUT2D eigenvalue weighted by molar-refractivity contribution is -0.116. The number of carbonyl (C=O) groups excluding carboxylic acids is 1. The molecule has 0 spiro atoms. The van der Waals surface area contributed by atoms with Crippen LogP contribution in [0.4, 0.5) is 5.69 Å². The molecule has 5 nitrogen and oxygen atoms in total. The van der Waals surface area contributed by atoms with Crippen molar-refractivity contribution in [3.05, 3.63) is 65.7 Å². The number of carbonyl (C=O) groups is 1. The van der Waals surface area contributed by atoms with E-state index in [1.807, 2.05) is 37.3 Å². The van der Waals surface area contributed by atoms with Gasteiger partial charge in [0.1, 0.15) is 0 Å². The summed E-state index contributed by atoms with van der Waals surface area (Å²) in [6, 6.07) is 18.4. The molecular weight excluding hydrogens is 463 g/mol. The first-order valence-electron chi connectivity index (χ1n) is 9.58. The van der Waals surface area contributed by atoms with Crippen molar-refractivity contribution >= 4 is 41.5 Å². The zero-order valence-electron chi connectivity index (χ0n) is 16.7. The largest absolute Gasteiger partial charge is 0.356 e. The third-order valence-electron chi connectivity index (χ3n) is 4.18. The second kappa shape index (κ2) is 14.0. The normalized spacial score (nSPS) is 10.7. The van der Waals surface area contributed by atoms with E-state index >= 15 is 0 Å². The van der Waals surface area contributed by atoms with Crippen LogP contribution in [0.15, 0.2) is 59.6 Å². The van der Waals surface area contributed by atoms with Crippen LogP contribution >= 0.6 is 24.0 Å². The first-order valence-corrected chi connectivity index (χ1v) is 9.58. The summed E-state index contributed by atoms with van der Waals surface area (Å²) >= 11 is 0. The van der Waals surface area contributed by atoms with Crippen molar-refractivity contribution in [2.75, 3.05) is 18.9 Å². The van der Waals surface area contributed by atoms with E-state index in [1.54, 1.807) is 7.05 Å². The quantitative estimate of drug-likeness (QED) is 0.210. The maximum atomic E-state index is 11.6. The first-order chi connectivity index (χ1) is 13.2. The van der Waals surface area contributed by atoms with Crippen molar-refractivity contribution in [3.63, 3.8) is 0 Å². The van der Waals surface area contributed by atoms with Crippen molar-refractivity contribution in [1.29, 1.82) is 0 Å². The molecule has 3 N–H and O–H groups in total. The van der Waals surface area contributed by atoms with Crippen LogP contribution in [0, 0.1) is 0 Å². The Kier molecular flexibility index (Phi) is 12.0. The molecule has 2 aromatic rings. The lowest BCUT2D eigenvalue weighted by atomic mass is 10.1. The highest BCUT2D eigenvalue weighted by molar-refractivity contribution is 14.0. The average molecular weight is 494 g/mol. The van der Waals surface area contributed by atoms with Crippen LogP contribution in [-0.4, -0.2) is 25.5 Å². The first kappa shape index (κ1) is 23.9. The van der Waals surface area contributed by atoms with Crippen molar-refractivity contribution in [3.8, 4) is 0 Å². The third kappa shape index (κ3) is 9.21. The highest BCUT2D eigenvalue weighted by atomic mass is 127. The number of hydrogen-bond acceptors (Lipinski definition) is 2. The summed E-state index contributed by atoms with van der Waals surface area (Å²) < 4.78 is 0. The third-order valence-corrected chi connectivity index (χ3v) is 4.18. The Bertz CT molecular complexity index is 717. The van der Waals surface area contributed by atoms with Gasteiger partial charge in [0.25, 0.3) is 0 Å². The van der Waals surface area contributed by atoms with Gasteiger partial charge in [0.15, 0.2) is 5.96 Å². The van der Waals surface area contributed by atoms with Gasteiger partial charge < -0.3 is 16.0 Å². The molecule has 0 bridgehead atoms. The van der Waals surface area contributed by atoms with E-state index in [0.29, 0.717) is 13.0 Å². The molecule has 152 valence electrons. The highest BCUT2D eigenvalue weighted by Gasteiger charge is 2.02. The van der Waals surface area contributed by atoms with Gasteiger partial charge in [-0.2, -0.15) is 0 Å². The Morgan fingerprint density at radius 1 is 0.964 bits per heavy atom. The zero-order chi connectivity index (χ0) is 19.3. The predicted octanol–water partition coefficient (Wildman–Crippen LogP) is 4.34. The molecule has 0 saturated carbocycles. The zero-order valence-corrected chi connectivity index (χ0v) is 19.0. The molecule has 2 rings (SSSR count). The van der Waals surface area contributed by atoms with Gasteiger partial charge in [-0.3, -0.25) is 9.79 Å². The fourth-order valence-corrected chi connectivity index (χ4v) is 2.71. The number of guanidine groups is 1. The van der Waals surface area contributed by atoms with Crippen LogP contribution in [0.5, 0.6) is 0 Å². The minimum atomic E-state index is 0. The number of amides is 1. The van der Waals surface area contributed by atoms with Gasteiger partial charge in [0.2, 0.25) is 5.91 Å². The van der Waals surface area contributed by atoms with Gasteiger partial charge in [-0.15, -0.1) is 24.0 Å². The number of anilines is 1. The average Bonchev–Trinajstić information content (AvgIpc) is 2.69. The smallest absolute Gasteiger partial charge is 0.224 e. The van der Waals surface area contributed by atoms with Gasteiger partial charge in [-0.25, -0.2) is 0 Å². The molecule has 0 aliphatic rings. The van der Waals surface area contributed by atoms with Crippen LogP contribution < -0.4 is 16.0 Å². The van der Waals surface area contributed by atoms with Gasteiger partial charge in [-0.1, -0.05) is 49.4 Å². The van der Waals surface area contributed by atoms with Gasteiger partial charge in [0, 0.05) is 32.2 Å². The number of nitrogens with zero attached hydrogens (tertiary/aromatic N) is 1. The number of aryl methyl sites for hydroxylation is 1. The van der Waals surface area contributed by atoms with Gasteiger partial charge in [-0.05, 0) is 42.5 Å². The summed E-state index contributed by atoms with van der Waals surface area (Å²) in [5.74, 6) is 0.854. The predicted molar refractivity (Wildman–Crippen MR) is 128 cm³/mol. The Morgan fingerprint density at radius 2 is 1.68 bits per heavy atom. The van der Waals surface area contributed by atoms with Crippen molar-refractivity contribution in [1.82, 2.24) is 10.6 Å². The Labute approximate surface area is 185 Å². The topological polar surface area (TPSA) is 65.5 Å². The van der Waals surface area contributed by atoms with E-state index < -0.39 is 0 Å². The molecule has 0 unspecified atom stereocenters. The molecule has 0 saturated heterocycles. The summed E-state index contributed by atoms with van der Waals surface area (Å²) in [5.41, 5.74) is 3.32. The Balaban J connectivity index is 0.00000392. The summed E-state index contributed by atoms with van der Waals surface area (Å²) in [5, 5.41) is 9.56. The Morgan fingerprint density at radius 3 is 2.32 bits per heavy atom. The molecule has 0 radical (unpaired) electrons. The molecule has 0 aromatic heterocycles. The molecule has 28 heavy (non-hydrogen) atoms. The van der Waals surface area contributed by atoms with E-state index in [0.717, 1.165) is 43.0 Å². The summed E-state index contributed by atoms with van der Waals surface area (Å²) in [6.07, 6.45) is 3.51. The number of nitrogens with one attached hydrogen (secondary N) is 3. The molecule has 0 atom stereocenters. The van der Waals surface area contributed by atoms with Crippen LogP contribution in [0.2, 0.25) is 0 Å². The number of benzene rings is 2. The molecule has 0 heterocycles. The maximum Gasteiger partial charge on any atom is 0.224 e. The van der Waals surface area contributed by atoms with Crippen molar-refractivity contribution in [2.24, 2.45) is 4.99 Å². The summed E-state index contributed by atoms with van der Waals surface area (Å²) in [4.78, 5) is 15.9. The second-order valence-electron chi connectivity index (χ2n) is 6.44. The van der Waals surface area contributed by atoms with Gasteiger partial charge >= 0.3 is 0 Å². The van der Waals surface area contributed by atoms with E-state index in [1.165, 1.54) is 5.56 Å². The highest BCUT2D eigenvalue weighted by Crippen LogP contribution is 2.10. The fraction of sp³-hybridized carbons (Fsp3) is 0.364. The fourth-order valence-electron chi connectivity index (χ4n) is 2.71. The van der Waals surface area contributed by atoms with E-state index in [9.17, 15) is 4.79 Å². The van der Waals surface area contributed by atoms with Crippen LogP contribution in [0.3, 0.4) is 0 Å². The van der Waals surface area contributed by atoms with Crippen LogP contribution in [0.1, 0.15) is 37.3 Å². The maximum absolute atomic E-state index is 11.6. The monoisotopic (exact) mass is 494 g/mol. The number of rotatable bonds is 9. The summed E-state index contributed by atoms with van der Waals surface area (Å²) in [7, 11) is 1.78. The van der Waals surface area contributed by atoms with E-state index in [-0.39, 0.29) is 29.9 Å². The number of aliphatic imine (C=N–C) groups is 1. The van der Waals surface area contributed by atoms with Crippen LogP contribution in [0.25, 0.3) is 0 Å². The molecular formula is C22H31IN4O. The molecule has 2 aromatic carbocycles. The minimum absolute atomic E-state index is 0.